The first-order valence-corrected chi connectivity index (χ1v) is 17.3. The third-order valence-electron chi connectivity index (χ3n) is 10.2. The van der Waals surface area contributed by atoms with E-state index >= 15 is 0 Å². The summed E-state index contributed by atoms with van der Waals surface area (Å²) in [4.78, 5) is 8.79. The largest absolute Gasteiger partial charge is 0.309 e. The van der Waals surface area contributed by atoms with Crippen LogP contribution in [0.3, 0.4) is 0 Å². The summed E-state index contributed by atoms with van der Waals surface area (Å²) in [7, 11) is 0. The maximum absolute atomic E-state index is 4.39. The SMILES string of the molecule is c1ccc(-n2c3cc(-c4ccc(-c5cccnc5)c5ccccc45)ccc3c3ccc(-c4ccc(-c5cccnc5)c5ccccc45)cc32)cc1. The van der Waals surface area contributed by atoms with Gasteiger partial charge in [0.15, 0.2) is 0 Å². The molecule has 10 aromatic rings. The summed E-state index contributed by atoms with van der Waals surface area (Å²) in [6.07, 6.45) is 7.54. The second-order valence-electron chi connectivity index (χ2n) is 13.0. The highest BCUT2D eigenvalue weighted by atomic mass is 15.0. The first kappa shape index (κ1) is 29.1. The lowest BCUT2D eigenvalue weighted by molar-refractivity contribution is 1.18. The monoisotopic (exact) mass is 649 g/mol. The van der Waals surface area contributed by atoms with E-state index in [1.807, 2.05) is 36.9 Å². The van der Waals surface area contributed by atoms with Crippen LogP contribution in [0.25, 0.3) is 93.5 Å². The third-order valence-corrected chi connectivity index (χ3v) is 10.2. The Balaban J connectivity index is 1.19. The van der Waals surface area contributed by atoms with Crippen molar-refractivity contribution < 1.29 is 0 Å². The van der Waals surface area contributed by atoms with Crippen LogP contribution in [-0.2, 0) is 0 Å². The van der Waals surface area contributed by atoms with Crippen molar-refractivity contribution in [3.8, 4) is 50.2 Å². The van der Waals surface area contributed by atoms with Crippen molar-refractivity contribution >= 4 is 43.4 Å². The Morgan fingerprint density at radius 3 is 1.14 bits per heavy atom. The highest BCUT2D eigenvalue weighted by Crippen LogP contribution is 2.41. The quantitative estimate of drug-likeness (QED) is 0.186. The molecule has 0 fully saturated rings. The fourth-order valence-electron chi connectivity index (χ4n) is 7.86. The Hall–Kier alpha value is -6.84. The van der Waals surface area contributed by atoms with Crippen molar-refractivity contribution in [2.75, 3.05) is 0 Å². The van der Waals surface area contributed by atoms with Crippen LogP contribution in [-0.4, -0.2) is 14.5 Å². The van der Waals surface area contributed by atoms with Gasteiger partial charge in [0.25, 0.3) is 0 Å². The van der Waals surface area contributed by atoms with Crippen LogP contribution in [0.5, 0.6) is 0 Å². The van der Waals surface area contributed by atoms with Crippen LogP contribution in [0, 0.1) is 0 Å². The molecule has 0 saturated carbocycles. The molecule has 0 saturated heterocycles. The van der Waals surface area contributed by atoms with Gasteiger partial charge in [-0.3, -0.25) is 9.97 Å². The molecule has 0 aliphatic heterocycles. The number of pyridine rings is 2. The van der Waals surface area contributed by atoms with E-state index in [1.54, 1.807) is 0 Å². The lowest BCUT2D eigenvalue weighted by Crippen LogP contribution is -1.94. The van der Waals surface area contributed by atoms with Gasteiger partial charge in [0.05, 0.1) is 11.0 Å². The van der Waals surface area contributed by atoms with Gasteiger partial charge in [0, 0.05) is 52.4 Å². The smallest absolute Gasteiger partial charge is 0.0547 e. The summed E-state index contributed by atoms with van der Waals surface area (Å²) in [5.41, 5.74) is 12.9. The average Bonchev–Trinajstić information content (AvgIpc) is 3.54. The van der Waals surface area contributed by atoms with Crippen LogP contribution in [0.4, 0.5) is 0 Å². The molecule has 0 amide bonds. The minimum Gasteiger partial charge on any atom is -0.309 e. The van der Waals surface area contributed by atoms with E-state index in [-0.39, 0.29) is 0 Å². The Morgan fingerprint density at radius 2 is 0.725 bits per heavy atom. The number of fused-ring (bicyclic) bond motifs is 5. The number of aromatic nitrogens is 3. The second kappa shape index (κ2) is 11.9. The van der Waals surface area contributed by atoms with Crippen molar-refractivity contribution in [1.82, 2.24) is 14.5 Å². The number of hydrogen-bond donors (Lipinski definition) is 0. The molecule has 3 heterocycles. The molecule has 0 unspecified atom stereocenters. The normalized spacial score (nSPS) is 11.5. The van der Waals surface area contributed by atoms with E-state index in [1.165, 1.54) is 76.7 Å². The number of nitrogens with zero attached hydrogens (tertiary/aromatic N) is 3. The van der Waals surface area contributed by atoms with Gasteiger partial charge >= 0.3 is 0 Å². The van der Waals surface area contributed by atoms with E-state index in [9.17, 15) is 0 Å². The summed E-state index contributed by atoms with van der Waals surface area (Å²) in [5.74, 6) is 0. The summed E-state index contributed by atoms with van der Waals surface area (Å²) in [6.45, 7) is 0. The van der Waals surface area contributed by atoms with E-state index in [0.717, 1.165) is 16.8 Å². The van der Waals surface area contributed by atoms with Gasteiger partial charge < -0.3 is 4.57 Å². The minimum atomic E-state index is 1.12. The molecular formula is C48H31N3. The number of hydrogen-bond acceptors (Lipinski definition) is 2. The van der Waals surface area contributed by atoms with Gasteiger partial charge in [0.1, 0.15) is 0 Å². The molecule has 0 atom stereocenters. The molecule has 3 nitrogen and oxygen atoms in total. The lowest BCUT2D eigenvalue weighted by Gasteiger charge is -2.14. The van der Waals surface area contributed by atoms with Crippen LogP contribution >= 0.6 is 0 Å². The van der Waals surface area contributed by atoms with E-state index in [0.29, 0.717) is 0 Å². The maximum Gasteiger partial charge on any atom is 0.0547 e. The molecular weight excluding hydrogens is 619 g/mol. The standard InChI is InChI=1S/C48H31N3/c1-2-12-36(13-3-1)51-47-28-32(37-22-24-39(34-10-8-26-49-30-34)43-16-6-4-14-41(37)43)18-20-45(47)46-21-19-33(29-48(46)51)38-23-25-40(35-11-9-27-50-31-35)44-17-7-5-15-42(38)44/h1-31H. The van der Waals surface area contributed by atoms with Crippen molar-refractivity contribution in [2.45, 2.75) is 0 Å². The zero-order chi connectivity index (χ0) is 33.7. The topological polar surface area (TPSA) is 30.7 Å². The third kappa shape index (κ3) is 4.82. The summed E-state index contributed by atoms with van der Waals surface area (Å²) >= 11 is 0. The van der Waals surface area contributed by atoms with E-state index in [2.05, 4.69) is 166 Å². The molecule has 0 radical (unpaired) electrons. The summed E-state index contributed by atoms with van der Waals surface area (Å²) in [5, 5.41) is 7.36. The Morgan fingerprint density at radius 1 is 0.314 bits per heavy atom. The van der Waals surface area contributed by atoms with Gasteiger partial charge in [-0.2, -0.15) is 0 Å². The molecule has 3 aromatic heterocycles. The van der Waals surface area contributed by atoms with Crippen molar-refractivity contribution in [2.24, 2.45) is 0 Å². The Kier molecular flexibility index (Phi) is 6.81. The van der Waals surface area contributed by atoms with Crippen LogP contribution < -0.4 is 0 Å². The zero-order valence-corrected chi connectivity index (χ0v) is 27.7. The van der Waals surface area contributed by atoms with Crippen LogP contribution in [0.2, 0.25) is 0 Å². The molecule has 0 spiro atoms. The first-order valence-electron chi connectivity index (χ1n) is 17.3. The summed E-state index contributed by atoms with van der Waals surface area (Å²) in [6, 6.07) is 59.3. The van der Waals surface area contributed by atoms with Crippen molar-refractivity contribution in [3.63, 3.8) is 0 Å². The highest BCUT2D eigenvalue weighted by Gasteiger charge is 2.17. The average molecular weight is 650 g/mol. The van der Waals surface area contributed by atoms with Crippen molar-refractivity contribution in [3.05, 3.63) is 189 Å². The van der Waals surface area contributed by atoms with E-state index < -0.39 is 0 Å². The number of benzene rings is 7. The maximum atomic E-state index is 4.39. The van der Waals surface area contributed by atoms with Crippen LogP contribution in [0.15, 0.2) is 189 Å². The fraction of sp³-hybridized carbons (Fsp3) is 0. The minimum absolute atomic E-state index is 1.12. The van der Waals surface area contributed by atoms with Gasteiger partial charge in [-0.05, 0) is 91.3 Å². The number of para-hydroxylation sites is 1. The molecule has 51 heavy (non-hydrogen) atoms. The molecule has 0 aliphatic rings. The first-order chi connectivity index (χ1) is 25.3. The van der Waals surface area contributed by atoms with Gasteiger partial charge in [-0.1, -0.05) is 127 Å². The molecule has 3 heteroatoms. The van der Waals surface area contributed by atoms with Gasteiger partial charge in [-0.25, -0.2) is 0 Å². The molecule has 0 N–H and O–H groups in total. The van der Waals surface area contributed by atoms with Crippen LogP contribution in [0.1, 0.15) is 0 Å². The number of rotatable bonds is 5. The molecule has 238 valence electrons. The van der Waals surface area contributed by atoms with Gasteiger partial charge in [-0.15, -0.1) is 0 Å². The Bertz CT molecular complexity index is 2710. The molecule has 10 rings (SSSR count). The van der Waals surface area contributed by atoms with Crippen molar-refractivity contribution in [1.29, 1.82) is 0 Å². The Labute approximate surface area is 295 Å². The predicted molar refractivity (Wildman–Crippen MR) is 213 cm³/mol. The fourth-order valence-corrected chi connectivity index (χ4v) is 7.86. The van der Waals surface area contributed by atoms with Gasteiger partial charge in [0.2, 0.25) is 0 Å². The molecule has 0 aliphatic carbocycles. The zero-order valence-electron chi connectivity index (χ0n) is 27.7. The molecule has 7 aromatic carbocycles. The molecule has 0 bridgehead atoms. The highest BCUT2D eigenvalue weighted by molar-refractivity contribution is 6.13. The predicted octanol–water partition coefficient (Wildman–Crippen LogP) is 12.5. The summed E-state index contributed by atoms with van der Waals surface area (Å²) < 4.78 is 2.43. The second-order valence-corrected chi connectivity index (χ2v) is 13.0. The van der Waals surface area contributed by atoms with E-state index in [4.69, 9.17) is 0 Å². The lowest BCUT2D eigenvalue weighted by atomic mass is 9.92.